The molecule has 8 heteroatoms. The van der Waals surface area contributed by atoms with Crippen LogP contribution < -0.4 is 10.2 Å². The molecule has 2 aromatic heterocycles. The van der Waals surface area contributed by atoms with Crippen LogP contribution in [0.1, 0.15) is 42.5 Å². The zero-order valence-electron chi connectivity index (χ0n) is 19.1. The van der Waals surface area contributed by atoms with Gasteiger partial charge in [-0.25, -0.2) is 9.78 Å². The first-order valence-electron chi connectivity index (χ1n) is 10.6. The van der Waals surface area contributed by atoms with Gasteiger partial charge < -0.3 is 10.1 Å². The number of carbonyl (C=O) groups excluding carboxylic acids is 2. The Hall–Kier alpha value is -3.45. The summed E-state index contributed by atoms with van der Waals surface area (Å²) in [4.78, 5) is 35.4. The highest BCUT2D eigenvalue weighted by molar-refractivity contribution is 6.33. The number of pyridine rings is 2. The molecule has 172 valence electrons. The number of nitrogens with one attached hydrogen (secondary N) is 1. The number of anilines is 2. The molecule has 0 fully saturated rings. The molecule has 33 heavy (non-hydrogen) atoms. The van der Waals surface area contributed by atoms with Crippen LogP contribution in [0.2, 0.25) is 5.15 Å². The van der Waals surface area contributed by atoms with Crippen LogP contribution in [0.4, 0.5) is 16.2 Å². The Morgan fingerprint density at radius 3 is 2.39 bits per heavy atom. The minimum absolute atomic E-state index is 0.148. The summed E-state index contributed by atoms with van der Waals surface area (Å²) >= 11 is 6.10. The molecule has 2 amide bonds. The first-order valence-corrected chi connectivity index (χ1v) is 11.0. The molecule has 0 saturated heterocycles. The van der Waals surface area contributed by atoms with Crippen molar-refractivity contribution in [1.29, 1.82) is 0 Å². The lowest BCUT2D eigenvalue weighted by atomic mass is 10.2. The molecule has 0 saturated carbocycles. The van der Waals surface area contributed by atoms with Gasteiger partial charge in [0.05, 0.1) is 5.56 Å². The summed E-state index contributed by atoms with van der Waals surface area (Å²) in [6.07, 6.45) is 1.84. The van der Waals surface area contributed by atoms with E-state index in [0.29, 0.717) is 24.3 Å². The van der Waals surface area contributed by atoms with E-state index in [4.69, 9.17) is 16.3 Å². The van der Waals surface area contributed by atoms with Gasteiger partial charge in [-0.1, -0.05) is 17.7 Å². The number of carbonyl (C=O) groups is 2. The van der Waals surface area contributed by atoms with Crippen molar-refractivity contribution < 1.29 is 14.3 Å². The Bertz CT molecular complexity index is 1110. The fourth-order valence-corrected chi connectivity index (χ4v) is 3.31. The Balaban J connectivity index is 1.76. The second kappa shape index (κ2) is 10.4. The summed E-state index contributed by atoms with van der Waals surface area (Å²) in [5.74, 6) is -0.362. The maximum absolute atomic E-state index is 12.9. The van der Waals surface area contributed by atoms with Crippen molar-refractivity contribution in [2.45, 2.75) is 39.7 Å². The van der Waals surface area contributed by atoms with Crippen LogP contribution in [-0.4, -0.2) is 34.1 Å². The number of amides is 2. The number of hydrogen-bond donors (Lipinski definition) is 1. The number of nitrogens with zero attached hydrogens (tertiary/aromatic N) is 3. The normalized spacial score (nSPS) is 11.1. The monoisotopic (exact) mass is 466 g/mol. The first kappa shape index (κ1) is 24.2. The van der Waals surface area contributed by atoms with Crippen LogP contribution in [-0.2, 0) is 11.2 Å². The molecular formula is C25H27ClN4O3. The van der Waals surface area contributed by atoms with Crippen LogP contribution >= 0.6 is 11.6 Å². The van der Waals surface area contributed by atoms with E-state index in [9.17, 15) is 9.59 Å². The van der Waals surface area contributed by atoms with Crippen LogP contribution in [0.5, 0.6) is 0 Å². The van der Waals surface area contributed by atoms with Crippen LogP contribution in [0, 0.1) is 6.92 Å². The summed E-state index contributed by atoms with van der Waals surface area (Å²) in [7, 11) is 0. The van der Waals surface area contributed by atoms with Crippen molar-refractivity contribution in [3.8, 4) is 0 Å². The molecule has 3 rings (SSSR count). The third-order valence-corrected chi connectivity index (χ3v) is 4.89. The highest BCUT2D eigenvalue weighted by Gasteiger charge is 2.23. The van der Waals surface area contributed by atoms with E-state index in [1.165, 1.54) is 0 Å². The lowest BCUT2D eigenvalue weighted by molar-refractivity contribution is 0.0580. The molecule has 0 aliphatic heterocycles. The van der Waals surface area contributed by atoms with Crippen molar-refractivity contribution in [3.05, 3.63) is 82.9 Å². The van der Waals surface area contributed by atoms with Gasteiger partial charge in [-0.05, 0) is 76.2 Å². The standard InChI is InChI=1S/C25H27ClN4O3/c1-17-8-13-21(22(26)28-17)23(31)29-19-9-11-20(12-10-19)30(24(32)33-25(2,3)4)16-14-18-7-5-6-15-27-18/h5-13,15H,14,16H2,1-4H3,(H,29,31). The molecule has 1 N–H and O–H groups in total. The van der Waals surface area contributed by atoms with Gasteiger partial charge >= 0.3 is 6.09 Å². The minimum Gasteiger partial charge on any atom is -0.443 e. The molecule has 3 aromatic rings. The third-order valence-electron chi connectivity index (χ3n) is 4.60. The van der Waals surface area contributed by atoms with Gasteiger partial charge in [0.2, 0.25) is 0 Å². The van der Waals surface area contributed by atoms with Gasteiger partial charge in [0.1, 0.15) is 10.8 Å². The number of rotatable bonds is 6. The van der Waals surface area contributed by atoms with Crippen molar-refractivity contribution in [1.82, 2.24) is 9.97 Å². The summed E-state index contributed by atoms with van der Waals surface area (Å²) in [6, 6.07) is 16.0. The molecule has 0 radical (unpaired) electrons. The van der Waals surface area contributed by atoms with E-state index in [1.54, 1.807) is 54.4 Å². The highest BCUT2D eigenvalue weighted by atomic mass is 35.5. The fraction of sp³-hybridized carbons (Fsp3) is 0.280. The van der Waals surface area contributed by atoms with Gasteiger partial charge in [0, 0.05) is 41.9 Å². The first-order chi connectivity index (χ1) is 15.6. The number of halogens is 1. The molecule has 0 bridgehead atoms. The fourth-order valence-electron chi connectivity index (χ4n) is 3.03. The van der Waals surface area contributed by atoms with E-state index in [-0.39, 0.29) is 16.6 Å². The van der Waals surface area contributed by atoms with Crippen molar-refractivity contribution in [3.63, 3.8) is 0 Å². The topological polar surface area (TPSA) is 84.4 Å². The quantitative estimate of drug-likeness (QED) is 0.473. The second-order valence-corrected chi connectivity index (χ2v) is 8.85. The summed E-state index contributed by atoms with van der Waals surface area (Å²) in [5.41, 5.74) is 2.47. The van der Waals surface area contributed by atoms with Gasteiger partial charge in [0.25, 0.3) is 5.91 Å². The molecule has 0 atom stereocenters. The lowest BCUT2D eigenvalue weighted by Gasteiger charge is -2.27. The van der Waals surface area contributed by atoms with Gasteiger partial charge in [-0.2, -0.15) is 0 Å². The molecule has 2 heterocycles. The van der Waals surface area contributed by atoms with Crippen molar-refractivity contribution in [2.75, 3.05) is 16.8 Å². The highest BCUT2D eigenvalue weighted by Crippen LogP contribution is 2.22. The lowest BCUT2D eigenvalue weighted by Crippen LogP contribution is -2.38. The van der Waals surface area contributed by atoms with Crippen molar-refractivity contribution >= 4 is 35.0 Å². The van der Waals surface area contributed by atoms with E-state index in [0.717, 1.165) is 11.4 Å². The number of aromatic nitrogens is 2. The van der Waals surface area contributed by atoms with E-state index < -0.39 is 11.7 Å². The van der Waals surface area contributed by atoms with E-state index in [1.807, 2.05) is 39.0 Å². The van der Waals surface area contributed by atoms with E-state index >= 15 is 0 Å². The molecule has 1 aromatic carbocycles. The average molecular weight is 467 g/mol. The summed E-state index contributed by atoms with van der Waals surface area (Å²) < 4.78 is 5.59. The van der Waals surface area contributed by atoms with Gasteiger partial charge in [-0.3, -0.25) is 14.7 Å². The van der Waals surface area contributed by atoms with E-state index in [2.05, 4.69) is 15.3 Å². The summed E-state index contributed by atoms with van der Waals surface area (Å²) in [5, 5.41) is 2.95. The molecule has 0 aliphatic carbocycles. The molecule has 0 unspecified atom stereocenters. The Kier molecular flexibility index (Phi) is 7.66. The number of aryl methyl sites for hydroxylation is 1. The van der Waals surface area contributed by atoms with Crippen LogP contribution in [0.3, 0.4) is 0 Å². The van der Waals surface area contributed by atoms with Gasteiger partial charge in [-0.15, -0.1) is 0 Å². The number of hydrogen-bond acceptors (Lipinski definition) is 5. The molecule has 0 spiro atoms. The zero-order valence-corrected chi connectivity index (χ0v) is 19.9. The van der Waals surface area contributed by atoms with Crippen molar-refractivity contribution in [2.24, 2.45) is 0 Å². The molecular weight excluding hydrogens is 440 g/mol. The molecule has 0 aliphatic rings. The second-order valence-electron chi connectivity index (χ2n) is 8.50. The minimum atomic E-state index is -0.629. The predicted molar refractivity (Wildman–Crippen MR) is 130 cm³/mol. The summed E-state index contributed by atoms with van der Waals surface area (Å²) in [6.45, 7) is 7.67. The smallest absolute Gasteiger partial charge is 0.414 e. The average Bonchev–Trinajstić information content (AvgIpc) is 2.74. The predicted octanol–water partition coefficient (Wildman–Crippen LogP) is 5.67. The Morgan fingerprint density at radius 1 is 1.06 bits per heavy atom. The number of benzene rings is 1. The maximum atomic E-state index is 12.9. The third kappa shape index (κ3) is 7.02. The van der Waals surface area contributed by atoms with Crippen LogP contribution in [0.25, 0.3) is 0 Å². The SMILES string of the molecule is Cc1ccc(C(=O)Nc2ccc(N(CCc3ccccn3)C(=O)OC(C)(C)C)cc2)c(Cl)n1. The Morgan fingerprint density at radius 2 is 1.79 bits per heavy atom. The van der Waals surface area contributed by atoms with Gasteiger partial charge in [0.15, 0.2) is 0 Å². The zero-order chi connectivity index (χ0) is 24.0. The molecule has 7 nitrogen and oxygen atoms in total. The Labute approximate surface area is 198 Å². The maximum Gasteiger partial charge on any atom is 0.414 e. The number of ether oxygens (including phenoxy) is 1. The largest absolute Gasteiger partial charge is 0.443 e. The van der Waals surface area contributed by atoms with Crippen LogP contribution in [0.15, 0.2) is 60.8 Å².